The fourth-order valence-electron chi connectivity index (χ4n) is 7.27. The molecule has 0 atom stereocenters. The second-order valence-electron chi connectivity index (χ2n) is 14.1. The van der Waals surface area contributed by atoms with Crippen molar-refractivity contribution in [3.8, 4) is 0 Å². The minimum atomic E-state index is -4.30. The van der Waals surface area contributed by atoms with Crippen molar-refractivity contribution in [2.24, 2.45) is 17.3 Å². The first-order chi connectivity index (χ1) is 23.8. The quantitative estimate of drug-likeness (QED) is 0.0680. The number of pyridine rings is 2. The number of rotatable bonds is 9. The average molecular weight is 890 g/mol. The van der Waals surface area contributed by atoms with Crippen molar-refractivity contribution in [3.05, 3.63) is 83.1 Å². The van der Waals surface area contributed by atoms with Crippen LogP contribution in [-0.2, 0) is 31.3 Å². The fraction of sp³-hybridized carbons (Fsp3) is 0.381. The van der Waals surface area contributed by atoms with Crippen LogP contribution in [0.2, 0.25) is 0 Å². The van der Waals surface area contributed by atoms with Crippen molar-refractivity contribution in [1.29, 1.82) is 0 Å². The molecule has 0 aliphatic carbocycles. The smallest absolute Gasteiger partial charge is 0.394 e. The van der Waals surface area contributed by atoms with Gasteiger partial charge in [0.1, 0.15) is 5.65 Å². The Morgan fingerprint density at radius 1 is 0.922 bits per heavy atom. The van der Waals surface area contributed by atoms with Crippen LogP contribution in [0.1, 0.15) is 77.7 Å². The Labute approximate surface area is 314 Å². The van der Waals surface area contributed by atoms with Gasteiger partial charge < -0.3 is 9.51 Å². The largest absolute Gasteiger partial charge is 0.512 e. The maximum atomic E-state index is 13.9. The van der Waals surface area contributed by atoms with Crippen molar-refractivity contribution in [1.82, 2.24) is 9.38 Å². The number of hydrogen-bond donors (Lipinski definition) is 1. The first-order valence-electron chi connectivity index (χ1n) is 17.6. The topological polar surface area (TPSA) is 54.6 Å². The van der Waals surface area contributed by atoms with Crippen LogP contribution in [0, 0.1) is 30.2 Å². The van der Waals surface area contributed by atoms with Crippen molar-refractivity contribution < 1.29 is 43.2 Å². The van der Waals surface area contributed by atoms with E-state index in [9.17, 15) is 23.1 Å². The predicted octanol–water partition coefficient (Wildman–Crippen LogP) is 12.7. The number of para-hydroxylation sites is 1. The summed E-state index contributed by atoms with van der Waals surface area (Å²) < 4.78 is 44.9. The Bertz CT molecular complexity index is 2380. The molecule has 0 unspecified atom stereocenters. The summed E-state index contributed by atoms with van der Waals surface area (Å²) >= 11 is 1.47. The van der Waals surface area contributed by atoms with E-state index in [1.165, 1.54) is 31.3 Å². The molecule has 9 heteroatoms. The molecule has 3 aromatic carbocycles. The van der Waals surface area contributed by atoms with Gasteiger partial charge in [-0.25, -0.2) is 4.98 Å². The van der Waals surface area contributed by atoms with Crippen molar-refractivity contribution in [3.63, 3.8) is 0 Å². The van der Waals surface area contributed by atoms with E-state index in [-0.39, 0.29) is 49.9 Å². The molecule has 51 heavy (non-hydrogen) atoms. The van der Waals surface area contributed by atoms with Gasteiger partial charge in [0.15, 0.2) is 5.78 Å². The third-order valence-corrected chi connectivity index (χ3v) is 11.8. The van der Waals surface area contributed by atoms with E-state index in [0.29, 0.717) is 0 Å². The number of aryl methyl sites for hydroxylation is 1. The molecule has 0 saturated heterocycles. The summed E-state index contributed by atoms with van der Waals surface area (Å²) in [5.74, 6) is 0.547. The van der Waals surface area contributed by atoms with Gasteiger partial charge in [0, 0.05) is 75.5 Å². The number of aliphatic hydroxyl groups excluding tert-OH is 1. The Balaban J connectivity index is 0.000000271. The zero-order chi connectivity index (χ0) is 36.1. The molecule has 7 rings (SSSR count). The van der Waals surface area contributed by atoms with Crippen LogP contribution >= 0.6 is 11.3 Å². The Morgan fingerprint density at radius 3 is 2.16 bits per heavy atom. The maximum absolute atomic E-state index is 13.9. The molecule has 7 aromatic rings. The molecule has 0 aliphatic heterocycles. The number of thiophene rings is 1. The van der Waals surface area contributed by atoms with Gasteiger partial charge in [-0.15, -0.1) is 28.2 Å². The third-order valence-electron chi connectivity index (χ3n) is 10.5. The first kappa shape index (κ1) is 38.7. The number of hydrogen-bond acceptors (Lipinski definition) is 4. The van der Waals surface area contributed by atoms with Crippen molar-refractivity contribution in [2.75, 3.05) is 0 Å². The third kappa shape index (κ3) is 6.66. The molecule has 0 saturated carbocycles. The molecule has 0 spiro atoms. The van der Waals surface area contributed by atoms with Crippen LogP contribution in [0.25, 0.3) is 59.1 Å². The summed E-state index contributed by atoms with van der Waals surface area (Å²) in [4.78, 5) is 17.3. The summed E-state index contributed by atoms with van der Waals surface area (Å²) in [6, 6.07) is 19.9. The number of halogens is 3. The zero-order valence-corrected chi connectivity index (χ0v) is 33.3. The van der Waals surface area contributed by atoms with E-state index in [0.717, 1.165) is 95.2 Å². The predicted molar refractivity (Wildman–Crippen MR) is 203 cm³/mol. The molecular formula is C42H44F3IrN2O2S-. The molecular weight excluding hydrogens is 846 g/mol. The maximum Gasteiger partial charge on any atom is 0.394 e. The summed E-state index contributed by atoms with van der Waals surface area (Å²) in [5, 5.41) is 17.0. The molecule has 1 N–H and O–H groups in total. The van der Waals surface area contributed by atoms with Crippen LogP contribution < -0.4 is 0 Å². The molecule has 4 nitrogen and oxygen atoms in total. The second kappa shape index (κ2) is 14.8. The summed E-state index contributed by atoms with van der Waals surface area (Å²) in [7, 11) is 0. The molecule has 271 valence electrons. The van der Waals surface area contributed by atoms with Gasteiger partial charge in [0.2, 0.25) is 0 Å². The van der Waals surface area contributed by atoms with Crippen molar-refractivity contribution >= 4 is 76.2 Å². The summed E-state index contributed by atoms with van der Waals surface area (Å²) in [6.45, 7) is 12.6. The number of carbonyl (C=O) groups excluding carboxylic acids is 1. The Morgan fingerprint density at radius 2 is 1.53 bits per heavy atom. The SMILES string of the molecule is CCC(CC)C(=O)/C=C(\O)C(CC)CC.Cc1cnc2c3c1sc(CC(C)(C)C(F)(F)F)c3c1cccc3c4c5ccccc5c[c-]c4n2c13.[Ir]. The van der Waals surface area contributed by atoms with E-state index >= 15 is 0 Å². The number of aliphatic hydroxyl groups is 1. The van der Waals surface area contributed by atoms with E-state index in [1.54, 1.807) is 0 Å². The first-order valence-corrected chi connectivity index (χ1v) is 18.4. The minimum absolute atomic E-state index is 0. The molecule has 0 amide bonds. The van der Waals surface area contributed by atoms with E-state index in [2.05, 4.69) is 28.7 Å². The van der Waals surface area contributed by atoms with Gasteiger partial charge in [-0.05, 0) is 50.0 Å². The van der Waals surface area contributed by atoms with E-state index < -0.39 is 11.6 Å². The molecule has 0 fully saturated rings. The van der Waals surface area contributed by atoms with Crippen LogP contribution in [0.15, 0.2) is 66.6 Å². The number of alkyl halides is 3. The number of nitrogens with zero attached hydrogens (tertiary/aromatic N) is 2. The number of aromatic nitrogens is 2. The number of allylic oxidation sites excluding steroid dienone is 2. The molecule has 4 heterocycles. The van der Waals surface area contributed by atoms with E-state index in [1.807, 2.05) is 71.1 Å². The number of benzene rings is 3. The monoisotopic (exact) mass is 890 g/mol. The van der Waals surface area contributed by atoms with Crippen LogP contribution in [0.3, 0.4) is 0 Å². The summed E-state index contributed by atoms with van der Waals surface area (Å²) in [5.41, 5.74) is 1.85. The molecule has 4 aromatic heterocycles. The normalized spacial score (nSPS) is 13.0. The summed E-state index contributed by atoms with van der Waals surface area (Å²) in [6.07, 6.45) is 2.37. The van der Waals surface area contributed by atoms with Crippen LogP contribution in [0.5, 0.6) is 0 Å². The average Bonchev–Trinajstić information content (AvgIpc) is 3.63. The number of fused-ring (bicyclic) bond motifs is 7. The van der Waals surface area contributed by atoms with Gasteiger partial charge in [0.05, 0.1) is 11.2 Å². The number of ketones is 1. The van der Waals surface area contributed by atoms with Gasteiger partial charge in [-0.1, -0.05) is 88.8 Å². The van der Waals surface area contributed by atoms with Gasteiger partial charge in [-0.2, -0.15) is 25.3 Å². The molecule has 0 aliphatic rings. The Hall–Kier alpha value is -3.52. The minimum Gasteiger partial charge on any atom is -0.512 e. The zero-order valence-electron chi connectivity index (χ0n) is 30.1. The second-order valence-corrected chi connectivity index (χ2v) is 15.2. The fourth-order valence-corrected chi connectivity index (χ4v) is 8.77. The van der Waals surface area contributed by atoms with Gasteiger partial charge in [0.25, 0.3) is 0 Å². The van der Waals surface area contributed by atoms with Crippen molar-refractivity contribution in [2.45, 2.75) is 86.7 Å². The van der Waals surface area contributed by atoms with Gasteiger partial charge in [-0.3, -0.25) is 4.79 Å². The Kier molecular flexibility index (Phi) is 11.3. The van der Waals surface area contributed by atoms with Crippen LogP contribution in [-0.4, -0.2) is 26.5 Å². The van der Waals surface area contributed by atoms with E-state index in [4.69, 9.17) is 4.98 Å². The van der Waals surface area contributed by atoms with Crippen LogP contribution in [0.4, 0.5) is 13.2 Å². The number of carbonyl (C=O) groups is 1. The standard InChI is InChI=1S/C29H20F3N2S.C13H24O2.Ir/c1-15-14-33-27-24-23(21(35-26(15)24)13-28(2,3)29(30,31)32)19-10-6-9-18-22-17-8-5-4-7-16(17)11-12-20(22)34(27)25(18)19;1-5-10(6-2)12(14)9-13(15)11(7-3)8-4;/h4-11,14H,13H2,1-3H3;9-11,14H,5-8H2,1-4H3;/q-1;;/b;12-9-;. The molecule has 1 radical (unpaired) electrons. The van der Waals surface area contributed by atoms with Gasteiger partial charge >= 0.3 is 6.18 Å². The molecule has 0 bridgehead atoms.